The first kappa shape index (κ1) is 22.9. The average Bonchev–Trinajstić information content (AvgIpc) is 2.70. The van der Waals surface area contributed by atoms with Gasteiger partial charge in [-0.25, -0.2) is 4.79 Å². The topological polar surface area (TPSA) is 97.9 Å². The minimum Gasteiger partial charge on any atom is -0.493 e. The number of amides is 3. The standard InChI is InChI=1S/C22H29N3O5/c1-22(2,3)25-20(26)14-7-10-16(11-8-14)24-21(27)23-13-15-9-12-17(28-4)19(30-6)18(15)29-5/h7-12H,13H2,1-6H3,(H,25,26)(H2,23,24,27). The zero-order valence-electron chi connectivity index (χ0n) is 18.2. The normalized spacial score (nSPS) is 10.7. The highest BCUT2D eigenvalue weighted by molar-refractivity contribution is 5.95. The van der Waals surface area contributed by atoms with Crippen molar-refractivity contribution in [1.29, 1.82) is 0 Å². The Hall–Kier alpha value is -3.42. The van der Waals surface area contributed by atoms with E-state index in [4.69, 9.17) is 14.2 Å². The fraction of sp³-hybridized carbons (Fsp3) is 0.364. The van der Waals surface area contributed by atoms with Gasteiger partial charge in [-0.15, -0.1) is 0 Å². The van der Waals surface area contributed by atoms with Crippen molar-refractivity contribution in [2.24, 2.45) is 0 Å². The summed E-state index contributed by atoms with van der Waals surface area (Å²) in [6, 6.07) is 9.82. The van der Waals surface area contributed by atoms with Gasteiger partial charge in [-0.3, -0.25) is 4.79 Å². The highest BCUT2D eigenvalue weighted by atomic mass is 16.5. The molecule has 2 rings (SSSR count). The molecule has 0 spiro atoms. The Labute approximate surface area is 176 Å². The molecule has 0 fully saturated rings. The quantitative estimate of drug-likeness (QED) is 0.642. The Bertz CT molecular complexity index is 889. The SMILES string of the molecule is COc1ccc(CNC(=O)Nc2ccc(C(=O)NC(C)(C)C)cc2)c(OC)c1OC. The molecule has 3 amide bonds. The number of urea groups is 1. The average molecular weight is 415 g/mol. The summed E-state index contributed by atoms with van der Waals surface area (Å²) in [5.41, 5.74) is 1.50. The van der Waals surface area contributed by atoms with Crippen LogP contribution in [0.25, 0.3) is 0 Å². The second kappa shape index (κ2) is 9.87. The van der Waals surface area contributed by atoms with Gasteiger partial charge in [-0.2, -0.15) is 0 Å². The molecule has 0 radical (unpaired) electrons. The van der Waals surface area contributed by atoms with Gasteiger partial charge in [-0.1, -0.05) is 0 Å². The third-order valence-electron chi connectivity index (χ3n) is 4.12. The number of hydrogen-bond acceptors (Lipinski definition) is 5. The van der Waals surface area contributed by atoms with E-state index in [-0.39, 0.29) is 18.0 Å². The van der Waals surface area contributed by atoms with Gasteiger partial charge in [0.1, 0.15) is 0 Å². The largest absolute Gasteiger partial charge is 0.493 e. The summed E-state index contributed by atoms with van der Waals surface area (Å²) in [6.07, 6.45) is 0. The number of nitrogens with one attached hydrogen (secondary N) is 3. The smallest absolute Gasteiger partial charge is 0.319 e. The minimum absolute atomic E-state index is 0.168. The first-order valence-electron chi connectivity index (χ1n) is 9.43. The molecule has 2 aromatic carbocycles. The van der Waals surface area contributed by atoms with Crippen LogP contribution in [0.1, 0.15) is 36.7 Å². The summed E-state index contributed by atoms with van der Waals surface area (Å²) < 4.78 is 16.0. The lowest BCUT2D eigenvalue weighted by atomic mass is 10.1. The van der Waals surface area contributed by atoms with Crippen LogP contribution in [0.4, 0.5) is 10.5 Å². The van der Waals surface area contributed by atoms with Gasteiger partial charge in [-0.05, 0) is 57.2 Å². The number of methoxy groups -OCH3 is 3. The van der Waals surface area contributed by atoms with Crippen LogP contribution in [0.15, 0.2) is 36.4 Å². The molecular formula is C22H29N3O5. The van der Waals surface area contributed by atoms with Gasteiger partial charge < -0.3 is 30.2 Å². The summed E-state index contributed by atoms with van der Waals surface area (Å²) in [5, 5.41) is 8.40. The molecule has 0 atom stereocenters. The number of benzene rings is 2. The van der Waals surface area contributed by atoms with E-state index >= 15 is 0 Å². The fourth-order valence-electron chi connectivity index (χ4n) is 2.77. The summed E-state index contributed by atoms with van der Waals surface area (Å²) in [4.78, 5) is 24.4. The summed E-state index contributed by atoms with van der Waals surface area (Å²) in [5.74, 6) is 1.33. The lowest BCUT2D eigenvalue weighted by Crippen LogP contribution is -2.40. The maximum Gasteiger partial charge on any atom is 0.319 e. The third kappa shape index (κ3) is 6.04. The van der Waals surface area contributed by atoms with E-state index < -0.39 is 6.03 Å². The van der Waals surface area contributed by atoms with Gasteiger partial charge in [0.25, 0.3) is 5.91 Å². The highest BCUT2D eigenvalue weighted by Gasteiger charge is 2.17. The molecule has 0 aliphatic rings. The number of ether oxygens (including phenoxy) is 3. The number of carbonyl (C=O) groups is 2. The molecule has 8 heteroatoms. The Morgan fingerprint density at radius 2 is 1.50 bits per heavy atom. The molecular weight excluding hydrogens is 386 g/mol. The van der Waals surface area contributed by atoms with E-state index in [0.29, 0.717) is 28.5 Å². The second-order valence-electron chi connectivity index (χ2n) is 7.58. The Morgan fingerprint density at radius 3 is 2.03 bits per heavy atom. The molecule has 0 saturated carbocycles. The molecule has 0 heterocycles. The van der Waals surface area contributed by atoms with Gasteiger partial charge in [0.15, 0.2) is 11.5 Å². The molecule has 0 bridgehead atoms. The molecule has 0 aromatic heterocycles. The molecule has 0 aliphatic carbocycles. The van der Waals surface area contributed by atoms with Crippen LogP contribution in [-0.2, 0) is 6.54 Å². The molecule has 0 unspecified atom stereocenters. The first-order valence-corrected chi connectivity index (χ1v) is 9.43. The van der Waals surface area contributed by atoms with Crippen LogP contribution in [0, 0.1) is 0 Å². The van der Waals surface area contributed by atoms with Crippen LogP contribution < -0.4 is 30.2 Å². The second-order valence-corrected chi connectivity index (χ2v) is 7.58. The highest BCUT2D eigenvalue weighted by Crippen LogP contribution is 2.39. The molecule has 30 heavy (non-hydrogen) atoms. The van der Waals surface area contributed by atoms with Crippen molar-refractivity contribution in [1.82, 2.24) is 10.6 Å². The van der Waals surface area contributed by atoms with Crippen LogP contribution in [-0.4, -0.2) is 38.8 Å². The first-order chi connectivity index (χ1) is 14.2. The van der Waals surface area contributed by atoms with E-state index in [0.717, 1.165) is 5.56 Å². The van der Waals surface area contributed by atoms with Gasteiger partial charge in [0.2, 0.25) is 5.75 Å². The van der Waals surface area contributed by atoms with Crippen molar-refractivity contribution < 1.29 is 23.8 Å². The van der Waals surface area contributed by atoms with Gasteiger partial charge in [0, 0.05) is 28.9 Å². The summed E-state index contributed by atoms with van der Waals surface area (Å²) in [6.45, 7) is 5.97. The minimum atomic E-state index is -0.390. The molecule has 8 nitrogen and oxygen atoms in total. The van der Waals surface area contributed by atoms with Crippen LogP contribution in [0.2, 0.25) is 0 Å². The van der Waals surface area contributed by atoms with E-state index in [2.05, 4.69) is 16.0 Å². The van der Waals surface area contributed by atoms with E-state index in [9.17, 15) is 9.59 Å². The van der Waals surface area contributed by atoms with Crippen molar-refractivity contribution >= 4 is 17.6 Å². The Morgan fingerprint density at radius 1 is 0.867 bits per heavy atom. The lowest BCUT2D eigenvalue weighted by Gasteiger charge is -2.20. The predicted molar refractivity (Wildman–Crippen MR) is 116 cm³/mol. The summed E-state index contributed by atoms with van der Waals surface area (Å²) >= 11 is 0. The fourth-order valence-corrected chi connectivity index (χ4v) is 2.77. The molecule has 162 valence electrons. The van der Waals surface area contributed by atoms with E-state index in [1.165, 1.54) is 14.2 Å². The van der Waals surface area contributed by atoms with Crippen molar-refractivity contribution in [3.63, 3.8) is 0 Å². The lowest BCUT2D eigenvalue weighted by molar-refractivity contribution is 0.0919. The monoisotopic (exact) mass is 415 g/mol. The molecule has 0 saturated heterocycles. The summed E-state index contributed by atoms with van der Waals surface area (Å²) in [7, 11) is 4.59. The van der Waals surface area contributed by atoms with Crippen LogP contribution in [0.3, 0.4) is 0 Å². The van der Waals surface area contributed by atoms with Crippen molar-refractivity contribution in [3.8, 4) is 17.2 Å². The molecule has 2 aromatic rings. The number of anilines is 1. The maximum absolute atomic E-state index is 12.3. The van der Waals surface area contributed by atoms with Gasteiger partial charge in [0.05, 0.1) is 21.3 Å². The van der Waals surface area contributed by atoms with Crippen molar-refractivity contribution in [2.75, 3.05) is 26.6 Å². The Balaban J connectivity index is 1.99. The van der Waals surface area contributed by atoms with Crippen LogP contribution >= 0.6 is 0 Å². The molecule has 0 aliphatic heterocycles. The van der Waals surface area contributed by atoms with Crippen molar-refractivity contribution in [2.45, 2.75) is 32.9 Å². The zero-order valence-corrected chi connectivity index (χ0v) is 18.2. The Kier molecular flexibility index (Phi) is 7.52. The predicted octanol–water partition coefficient (Wildman–Crippen LogP) is 3.56. The van der Waals surface area contributed by atoms with Gasteiger partial charge >= 0.3 is 6.03 Å². The van der Waals surface area contributed by atoms with E-state index in [1.54, 1.807) is 43.5 Å². The zero-order chi connectivity index (χ0) is 22.3. The molecule has 3 N–H and O–H groups in total. The van der Waals surface area contributed by atoms with E-state index in [1.807, 2.05) is 20.8 Å². The van der Waals surface area contributed by atoms with Crippen molar-refractivity contribution in [3.05, 3.63) is 47.5 Å². The third-order valence-corrected chi connectivity index (χ3v) is 4.12. The maximum atomic E-state index is 12.3. The number of carbonyl (C=O) groups excluding carboxylic acids is 2. The number of rotatable bonds is 7. The number of hydrogen-bond donors (Lipinski definition) is 3. The van der Waals surface area contributed by atoms with Crippen LogP contribution in [0.5, 0.6) is 17.2 Å².